The lowest BCUT2D eigenvalue weighted by Crippen LogP contribution is -2.34. The van der Waals surface area contributed by atoms with E-state index in [1.165, 1.54) is 5.56 Å². The molecule has 0 aliphatic carbocycles. The first-order valence-electron chi connectivity index (χ1n) is 8.82. The van der Waals surface area contributed by atoms with Crippen LogP contribution in [0, 0.1) is 5.92 Å². The van der Waals surface area contributed by atoms with E-state index in [-0.39, 0.29) is 6.03 Å². The first-order chi connectivity index (χ1) is 12.5. The van der Waals surface area contributed by atoms with Gasteiger partial charge in [0.25, 0.3) is 0 Å². The van der Waals surface area contributed by atoms with Gasteiger partial charge in [-0.2, -0.15) is 0 Å². The number of urea groups is 1. The largest absolute Gasteiger partial charge is 0.338 e. The van der Waals surface area contributed by atoms with Crippen molar-refractivity contribution in [3.63, 3.8) is 0 Å². The van der Waals surface area contributed by atoms with Crippen LogP contribution in [-0.2, 0) is 0 Å². The zero-order chi connectivity index (χ0) is 18.5. The van der Waals surface area contributed by atoms with Crippen molar-refractivity contribution >= 4 is 34.9 Å². The van der Waals surface area contributed by atoms with Gasteiger partial charge in [-0.3, -0.25) is 4.90 Å². The second-order valence-electron chi connectivity index (χ2n) is 6.70. The summed E-state index contributed by atoms with van der Waals surface area (Å²) in [5.41, 5.74) is 1.96. The number of nitrogens with zero attached hydrogens (tertiary/aromatic N) is 1. The summed E-state index contributed by atoms with van der Waals surface area (Å²) in [6.07, 6.45) is 1.09. The highest BCUT2D eigenvalue weighted by molar-refractivity contribution is 6.42. The number of hydrogen-bond donors (Lipinski definition) is 2. The van der Waals surface area contributed by atoms with E-state index in [9.17, 15) is 4.79 Å². The van der Waals surface area contributed by atoms with E-state index in [0.29, 0.717) is 34.2 Å². The number of nitrogens with one attached hydrogen (secondary N) is 2. The lowest BCUT2D eigenvalue weighted by molar-refractivity contribution is 0.243. The van der Waals surface area contributed by atoms with E-state index in [1.807, 2.05) is 6.07 Å². The molecule has 2 atom stereocenters. The summed E-state index contributed by atoms with van der Waals surface area (Å²) in [6, 6.07) is 15.7. The molecule has 1 aliphatic rings. The van der Waals surface area contributed by atoms with Gasteiger partial charge in [0.15, 0.2) is 0 Å². The lowest BCUT2D eigenvalue weighted by atomic mass is 10.1. The Kier molecular flexibility index (Phi) is 6.41. The van der Waals surface area contributed by atoms with Crippen molar-refractivity contribution in [1.29, 1.82) is 0 Å². The molecule has 26 heavy (non-hydrogen) atoms. The highest BCUT2D eigenvalue weighted by Crippen LogP contribution is 2.27. The molecule has 0 unspecified atom stereocenters. The van der Waals surface area contributed by atoms with E-state index in [4.69, 9.17) is 23.2 Å². The van der Waals surface area contributed by atoms with Gasteiger partial charge in [0.2, 0.25) is 0 Å². The van der Waals surface area contributed by atoms with Crippen LogP contribution in [0.4, 0.5) is 10.5 Å². The van der Waals surface area contributed by atoms with Crippen LogP contribution in [0.25, 0.3) is 0 Å². The Morgan fingerprint density at radius 3 is 2.69 bits per heavy atom. The highest BCUT2D eigenvalue weighted by Gasteiger charge is 2.26. The fourth-order valence-corrected chi connectivity index (χ4v) is 3.61. The molecule has 4 nitrogen and oxygen atoms in total. The van der Waals surface area contributed by atoms with E-state index in [1.54, 1.807) is 18.2 Å². The highest BCUT2D eigenvalue weighted by atomic mass is 35.5. The minimum atomic E-state index is -0.224. The summed E-state index contributed by atoms with van der Waals surface area (Å²) in [6.45, 7) is 4.94. The van der Waals surface area contributed by atoms with Crippen molar-refractivity contribution in [3.05, 3.63) is 64.1 Å². The molecular weight excluding hydrogens is 369 g/mol. The van der Waals surface area contributed by atoms with Crippen LogP contribution in [0.1, 0.15) is 24.9 Å². The Bertz CT molecular complexity index is 754. The van der Waals surface area contributed by atoms with Crippen LogP contribution in [0.3, 0.4) is 0 Å². The number of rotatable bonds is 5. The molecule has 0 aromatic heterocycles. The van der Waals surface area contributed by atoms with Crippen LogP contribution in [0.15, 0.2) is 48.5 Å². The van der Waals surface area contributed by atoms with Gasteiger partial charge in [0.1, 0.15) is 0 Å². The summed E-state index contributed by atoms with van der Waals surface area (Å²) < 4.78 is 0. The van der Waals surface area contributed by atoms with Gasteiger partial charge < -0.3 is 10.6 Å². The summed E-state index contributed by atoms with van der Waals surface area (Å²) in [7, 11) is 0. The Hall–Kier alpha value is -1.75. The Morgan fingerprint density at radius 1 is 1.19 bits per heavy atom. The predicted octanol–water partition coefficient (Wildman–Crippen LogP) is 5.20. The average molecular weight is 392 g/mol. The van der Waals surface area contributed by atoms with Gasteiger partial charge in [-0.1, -0.05) is 53.5 Å². The topological polar surface area (TPSA) is 44.4 Å². The molecule has 2 aromatic rings. The van der Waals surface area contributed by atoms with E-state index < -0.39 is 0 Å². The van der Waals surface area contributed by atoms with Gasteiger partial charge >= 0.3 is 6.03 Å². The molecule has 0 saturated carbocycles. The van der Waals surface area contributed by atoms with Crippen molar-refractivity contribution in [2.24, 2.45) is 5.92 Å². The fraction of sp³-hybridized carbons (Fsp3) is 0.350. The molecule has 2 N–H and O–H groups in total. The molecule has 2 aromatic carbocycles. The smallest absolute Gasteiger partial charge is 0.319 e. The van der Waals surface area contributed by atoms with Gasteiger partial charge in [-0.05, 0) is 49.6 Å². The summed E-state index contributed by atoms with van der Waals surface area (Å²) >= 11 is 11.8. The maximum atomic E-state index is 12.1. The number of halogens is 2. The van der Waals surface area contributed by atoms with E-state index in [2.05, 4.69) is 46.7 Å². The maximum absolute atomic E-state index is 12.1. The average Bonchev–Trinajstić information content (AvgIpc) is 3.12. The van der Waals surface area contributed by atoms with Crippen molar-refractivity contribution in [1.82, 2.24) is 10.2 Å². The Balaban J connectivity index is 1.45. The second-order valence-corrected chi connectivity index (χ2v) is 7.51. The van der Waals surface area contributed by atoms with Crippen molar-refractivity contribution in [2.45, 2.75) is 19.4 Å². The van der Waals surface area contributed by atoms with Crippen LogP contribution in [0.2, 0.25) is 10.0 Å². The molecule has 2 amide bonds. The van der Waals surface area contributed by atoms with Crippen LogP contribution < -0.4 is 10.6 Å². The Labute approximate surface area is 164 Å². The molecule has 138 valence electrons. The summed E-state index contributed by atoms with van der Waals surface area (Å²) in [4.78, 5) is 14.6. The van der Waals surface area contributed by atoms with Crippen LogP contribution >= 0.6 is 23.2 Å². The number of likely N-dealkylation sites (tertiary alicyclic amines) is 1. The number of hydrogen-bond acceptors (Lipinski definition) is 2. The zero-order valence-electron chi connectivity index (χ0n) is 14.7. The fourth-order valence-electron chi connectivity index (χ4n) is 3.31. The number of benzene rings is 2. The number of amides is 2. The van der Waals surface area contributed by atoms with Crippen LogP contribution in [0.5, 0.6) is 0 Å². The third-order valence-corrected chi connectivity index (χ3v) is 5.61. The van der Waals surface area contributed by atoms with Crippen molar-refractivity contribution < 1.29 is 4.79 Å². The van der Waals surface area contributed by atoms with Gasteiger partial charge in [-0.15, -0.1) is 0 Å². The summed E-state index contributed by atoms with van der Waals surface area (Å²) in [5.74, 6) is 0.459. The second kappa shape index (κ2) is 8.76. The molecule has 3 rings (SSSR count). The Morgan fingerprint density at radius 2 is 1.96 bits per heavy atom. The van der Waals surface area contributed by atoms with Crippen molar-refractivity contribution in [3.8, 4) is 0 Å². The first-order valence-corrected chi connectivity index (χ1v) is 9.57. The van der Waals surface area contributed by atoms with Gasteiger partial charge in [0.05, 0.1) is 10.0 Å². The van der Waals surface area contributed by atoms with Crippen LogP contribution in [-0.4, -0.2) is 30.6 Å². The molecule has 1 fully saturated rings. The third-order valence-electron chi connectivity index (χ3n) is 4.88. The first kappa shape index (κ1) is 19.0. The predicted molar refractivity (Wildman–Crippen MR) is 108 cm³/mol. The summed E-state index contributed by atoms with van der Waals surface area (Å²) in [5, 5.41) is 6.63. The quantitative estimate of drug-likeness (QED) is 0.735. The third kappa shape index (κ3) is 4.91. The molecule has 1 heterocycles. The monoisotopic (exact) mass is 391 g/mol. The van der Waals surface area contributed by atoms with Gasteiger partial charge in [-0.25, -0.2) is 4.79 Å². The number of carbonyl (C=O) groups is 1. The molecule has 0 bridgehead atoms. The lowest BCUT2D eigenvalue weighted by Gasteiger charge is -2.24. The molecule has 1 saturated heterocycles. The molecule has 0 spiro atoms. The molecule has 6 heteroatoms. The van der Waals surface area contributed by atoms with E-state index in [0.717, 1.165) is 19.5 Å². The minimum absolute atomic E-state index is 0.224. The minimum Gasteiger partial charge on any atom is -0.338 e. The maximum Gasteiger partial charge on any atom is 0.319 e. The zero-order valence-corrected chi connectivity index (χ0v) is 16.2. The van der Waals surface area contributed by atoms with Crippen molar-refractivity contribution in [2.75, 3.05) is 25.0 Å². The normalized spacial score (nSPS) is 18.5. The molecular formula is C20H23Cl2N3O. The molecule has 0 radical (unpaired) electrons. The molecule has 1 aliphatic heterocycles. The van der Waals surface area contributed by atoms with Gasteiger partial charge in [0, 0.05) is 24.8 Å². The SMILES string of the molecule is C[C@H](c1ccccc1)N1CC[C@H](CNC(=O)Nc2ccc(Cl)c(Cl)c2)C1. The number of carbonyl (C=O) groups excluding carboxylic acids is 1. The van der Waals surface area contributed by atoms with E-state index >= 15 is 0 Å². The number of anilines is 1. The standard InChI is InChI=1S/C20H23Cl2N3O/c1-14(16-5-3-2-4-6-16)25-10-9-15(13-25)12-23-20(26)24-17-7-8-18(21)19(22)11-17/h2-8,11,14-15H,9-10,12-13H2,1H3,(H2,23,24,26)/t14-,15-/m1/s1.